The first-order valence-electron chi connectivity index (χ1n) is 7.53. The van der Waals surface area contributed by atoms with Gasteiger partial charge in [-0.05, 0) is 40.3 Å². The number of nitrogens with one attached hydrogen (secondary N) is 1. The summed E-state index contributed by atoms with van der Waals surface area (Å²) in [5, 5.41) is 14.7. The Balaban J connectivity index is 1.74. The van der Waals surface area contributed by atoms with Gasteiger partial charge in [-0.25, -0.2) is 4.79 Å². The fourth-order valence-electron chi connectivity index (χ4n) is 2.21. The minimum atomic E-state index is -0.157. The van der Waals surface area contributed by atoms with Crippen molar-refractivity contribution in [1.82, 2.24) is 25.1 Å². The van der Waals surface area contributed by atoms with Gasteiger partial charge in [-0.2, -0.15) is 4.68 Å². The molecule has 2 aromatic carbocycles. The fraction of sp³-hybridized carbons (Fsp3) is 0.176. The molecule has 7 heteroatoms. The van der Waals surface area contributed by atoms with Crippen molar-refractivity contribution in [2.75, 3.05) is 19.4 Å². The van der Waals surface area contributed by atoms with Crippen molar-refractivity contribution in [2.24, 2.45) is 0 Å². The van der Waals surface area contributed by atoms with E-state index in [1.54, 1.807) is 18.8 Å². The van der Waals surface area contributed by atoms with E-state index in [0.717, 1.165) is 22.8 Å². The van der Waals surface area contributed by atoms with Crippen LogP contribution in [0, 0.1) is 0 Å². The van der Waals surface area contributed by atoms with E-state index in [1.807, 2.05) is 54.6 Å². The van der Waals surface area contributed by atoms with Crippen LogP contribution in [-0.2, 0) is 6.42 Å². The number of urea groups is 1. The zero-order valence-corrected chi connectivity index (χ0v) is 13.5. The lowest BCUT2D eigenvalue weighted by molar-refractivity contribution is 0.230. The average molecular weight is 322 g/mol. The lowest BCUT2D eigenvalue weighted by Gasteiger charge is -2.12. The zero-order chi connectivity index (χ0) is 16.9. The number of hydrogen-bond donors (Lipinski definition) is 1. The molecule has 0 unspecified atom stereocenters. The molecule has 3 aromatic rings. The molecule has 3 rings (SSSR count). The summed E-state index contributed by atoms with van der Waals surface area (Å²) in [5.74, 6) is 0.756. The molecule has 2 amide bonds. The molecule has 0 aliphatic carbocycles. The lowest BCUT2D eigenvalue weighted by Crippen LogP contribution is -2.27. The second-order valence-corrected chi connectivity index (χ2v) is 5.54. The average Bonchev–Trinajstić information content (AvgIpc) is 3.05. The number of nitrogens with zero attached hydrogens (tertiary/aromatic N) is 5. The van der Waals surface area contributed by atoms with Gasteiger partial charge in [-0.3, -0.25) is 0 Å². The maximum Gasteiger partial charge on any atom is 0.321 e. The SMILES string of the molecule is CN(C)C(=O)Nc1ccc(Cc2nnnn2-c2ccccc2)cc1. The summed E-state index contributed by atoms with van der Waals surface area (Å²) < 4.78 is 1.72. The van der Waals surface area contributed by atoms with E-state index in [2.05, 4.69) is 20.8 Å². The highest BCUT2D eigenvalue weighted by Gasteiger charge is 2.09. The number of carbonyl (C=O) groups is 1. The fourth-order valence-corrected chi connectivity index (χ4v) is 2.21. The Morgan fingerprint density at radius 3 is 2.46 bits per heavy atom. The first-order valence-corrected chi connectivity index (χ1v) is 7.53. The lowest BCUT2D eigenvalue weighted by atomic mass is 10.1. The van der Waals surface area contributed by atoms with Gasteiger partial charge < -0.3 is 10.2 Å². The first-order chi connectivity index (χ1) is 11.6. The van der Waals surface area contributed by atoms with Crippen molar-refractivity contribution in [3.63, 3.8) is 0 Å². The number of tetrazole rings is 1. The van der Waals surface area contributed by atoms with E-state index in [9.17, 15) is 4.79 Å². The van der Waals surface area contributed by atoms with Crippen molar-refractivity contribution in [1.29, 1.82) is 0 Å². The summed E-state index contributed by atoms with van der Waals surface area (Å²) >= 11 is 0. The van der Waals surface area contributed by atoms with Gasteiger partial charge in [0, 0.05) is 26.2 Å². The molecule has 1 heterocycles. The number of aromatic nitrogens is 4. The van der Waals surface area contributed by atoms with E-state index in [0.29, 0.717) is 6.42 Å². The molecule has 0 saturated heterocycles. The van der Waals surface area contributed by atoms with Crippen molar-refractivity contribution < 1.29 is 4.79 Å². The molecule has 0 aliphatic rings. The Hall–Kier alpha value is -3.22. The summed E-state index contributed by atoms with van der Waals surface area (Å²) in [7, 11) is 3.40. The number of para-hydroxylation sites is 1. The number of benzene rings is 2. The van der Waals surface area contributed by atoms with Crippen LogP contribution in [0.4, 0.5) is 10.5 Å². The van der Waals surface area contributed by atoms with Crippen LogP contribution in [0.15, 0.2) is 54.6 Å². The Kier molecular flexibility index (Phi) is 4.51. The molecule has 122 valence electrons. The van der Waals surface area contributed by atoms with Crippen LogP contribution in [0.5, 0.6) is 0 Å². The predicted molar refractivity (Wildman–Crippen MR) is 91.1 cm³/mol. The Morgan fingerprint density at radius 2 is 1.79 bits per heavy atom. The summed E-state index contributed by atoms with van der Waals surface area (Å²) in [4.78, 5) is 13.1. The van der Waals surface area contributed by atoms with Gasteiger partial charge in [0.25, 0.3) is 0 Å². The quantitative estimate of drug-likeness (QED) is 0.800. The highest BCUT2D eigenvalue weighted by Crippen LogP contribution is 2.14. The van der Waals surface area contributed by atoms with Crippen LogP contribution < -0.4 is 5.32 Å². The van der Waals surface area contributed by atoms with Crippen LogP contribution in [0.1, 0.15) is 11.4 Å². The molecule has 0 aliphatic heterocycles. The third-order valence-electron chi connectivity index (χ3n) is 3.51. The van der Waals surface area contributed by atoms with Gasteiger partial charge >= 0.3 is 6.03 Å². The molecular weight excluding hydrogens is 304 g/mol. The highest BCUT2D eigenvalue weighted by molar-refractivity contribution is 5.88. The van der Waals surface area contributed by atoms with E-state index in [4.69, 9.17) is 0 Å². The monoisotopic (exact) mass is 322 g/mol. The van der Waals surface area contributed by atoms with Crippen molar-refractivity contribution >= 4 is 11.7 Å². The highest BCUT2D eigenvalue weighted by atomic mass is 16.2. The number of rotatable bonds is 4. The van der Waals surface area contributed by atoms with Crippen LogP contribution >= 0.6 is 0 Å². The van der Waals surface area contributed by atoms with Gasteiger partial charge in [0.2, 0.25) is 0 Å². The standard InChI is InChI=1S/C17H18N6O/c1-22(2)17(24)18-14-10-8-13(9-11-14)12-16-19-20-21-23(16)15-6-4-3-5-7-15/h3-11H,12H2,1-2H3,(H,18,24). The second kappa shape index (κ2) is 6.91. The molecule has 0 atom stereocenters. The minimum absolute atomic E-state index is 0.157. The zero-order valence-electron chi connectivity index (χ0n) is 13.5. The largest absolute Gasteiger partial charge is 0.331 e. The first kappa shape index (κ1) is 15.7. The molecule has 7 nitrogen and oxygen atoms in total. The molecule has 0 fully saturated rings. The molecular formula is C17H18N6O. The molecule has 24 heavy (non-hydrogen) atoms. The summed E-state index contributed by atoms with van der Waals surface area (Å²) in [5.41, 5.74) is 2.73. The van der Waals surface area contributed by atoms with Gasteiger partial charge in [0.15, 0.2) is 5.82 Å². The minimum Gasteiger partial charge on any atom is -0.331 e. The van der Waals surface area contributed by atoms with Crippen molar-refractivity contribution in [2.45, 2.75) is 6.42 Å². The van der Waals surface area contributed by atoms with Gasteiger partial charge in [0.05, 0.1) is 5.69 Å². The Bertz CT molecular complexity index is 811. The molecule has 1 aromatic heterocycles. The van der Waals surface area contributed by atoms with E-state index in [-0.39, 0.29) is 6.03 Å². The molecule has 0 saturated carbocycles. The van der Waals surface area contributed by atoms with E-state index < -0.39 is 0 Å². The Morgan fingerprint density at radius 1 is 1.08 bits per heavy atom. The summed E-state index contributed by atoms with van der Waals surface area (Å²) in [6.45, 7) is 0. The van der Waals surface area contributed by atoms with E-state index in [1.165, 1.54) is 4.90 Å². The molecule has 0 bridgehead atoms. The normalized spacial score (nSPS) is 10.4. The number of amides is 2. The number of hydrogen-bond acceptors (Lipinski definition) is 4. The van der Waals surface area contributed by atoms with Gasteiger partial charge in [-0.1, -0.05) is 30.3 Å². The van der Waals surface area contributed by atoms with Gasteiger partial charge in [-0.15, -0.1) is 5.10 Å². The molecule has 1 N–H and O–H groups in total. The van der Waals surface area contributed by atoms with Crippen LogP contribution in [0.2, 0.25) is 0 Å². The van der Waals surface area contributed by atoms with Crippen molar-refractivity contribution in [3.05, 3.63) is 66.0 Å². The predicted octanol–water partition coefficient (Wildman–Crippen LogP) is 2.35. The summed E-state index contributed by atoms with van der Waals surface area (Å²) in [6.07, 6.45) is 0.601. The smallest absolute Gasteiger partial charge is 0.321 e. The second-order valence-electron chi connectivity index (χ2n) is 5.54. The number of anilines is 1. The molecule has 0 spiro atoms. The van der Waals surface area contributed by atoms with Crippen LogP contribution in [0.3, 0.4) is 0 Å². The Labute approximate surface area is 139 Å². The van der Waals surface area contributed by atoms with Crippen LogP contribution in [0.25, 0.3) is 5.69 Å². The summed E-state index contributed by atoms with van der Waals surface area (Å²) in [6, 6.07) is 17.3. The van der Waals surface area contributed by atoms with Crippen molar-refractivity contribution in [3.8, 4) is 5.69 Å². The van der Waals surface area contributed by atoms with Crippen LogP contribution in [-0.4, -0.2) is 45.2 Å². The maximum absolute atomic E-state index is 11.6. The topological polar surface area (TPSA) is 75.9 Å². The molecule has 0 radical (unpaired) electrons. The third kappa shape index (κ3) is 3.57. The third-order valence-corrected chi connectivity index (χ3v) is 3.51. The maximum atomic E-state index is 11.6. The van der Waals surface area contributed by atoms with Gasteiger partial charge in [0.1, 0.15) is 0 Å². The van der Waals surface area contributed by atoms with E-state index >= 15 is 0 Å². The number of carbonyl (C=O) groups excluding carboxylic acids is 1.